The zero-order valence-corrected chi connectivity index (χ0v) is 18.8. The summed E-state index contributed by atoms with van der Waals surface area (Å²) in [6.45, 7) is -0.0361. The van der Waals surface area contributed by atoms with E-state index in [2.05, 4.69) is 10.4 Å². The SMILES string of the molecule is O=C(CCn1[nH]c(=O)c2ccccc2c1=O)Nc1ccc(N2C(=O)c3ccccc3C2=O)c(Cl)c1. The summed E-state index contributed by atoms with van der Waals surface area (Å²) in [5.74, 6) is -1.37. The number of aromatic nitrogens is 2. The number of hydrogen-bond acceptors (Lipinski definition) is 5. The van der Waals surface area contributed by atoms with Crippen LogP contribution in [0.3, 0.4) is 0 Å². The van der Waals surface area contributed by atoms with Crippen molar-refractivity contribution in [2.45, 2.75) is 13.0 Å². The number of nitrogens with one attached hydrogen (secondary N) is 2. The van der Waals surface area contributed by atoms with Crippen molar-refractivity contribution in [2.75, 3.05) is 10.2 Å². The summed E-state index contributed by atoms with van der Waals surface area (Å²) < 4.78 is 1.10. The molecule has 0 saturated heterocycles. The van der Waals surface area contributed by atoms with Crippen molar-refractivity contribution in [3.8, 4) is 0 Å². The zero-order valence-electron chi connectivity index (χ0n) is 18.1. The molecular formula is C25H17ClN4O5. The zero-order chi connectivity index (χ0) is 24.7. The lowest BCUT2D eigenvalue weighted by Crippen LogP contribution is -2.31. The molecule has 4 aromatic rings. The van der Waals surface area contributed by atoms with Crippen LogP contribution in [0.25, 0.3) is 10.8 Å². The number of aryl methyl sites for hydroxylation is 1. The topological polar surface area (TPSA) is 121 Å². The van der Waals surface area contributed by atoms with E-state index in [0.717, 1.165) is 9.58 Å². The van der Waals surface area contributed by atoms with Crippen LogP contribution in [-0.2, 0) is 11.3 Å². The molecule has 1 aliphatic heterocycles. The molecule has 1 aliphatic rings. The molecular weight excluding hydrogens is 472 g/mol. The van der Waals surface area contributed by atoms with Crippen molar-refractivity contribution in [1.82, 2.24) is 9.78 Å². The minimum atomic E-state index is -0.473. The van der Waals surface area contributed by atoms with Gasteiger partial charge in [0.2, 0.25) is 5.91 Å². The summed E-state index contributed by atoms with van der Waals surface area (Å²) in [5.41, 5.74) is 0.328. The minimum Gasteiger partial charge on any atom is -0.326 e. The van der Waals surface area contributed by atoms with Crippen LogP contribution in [0.4, 0.5) is 11.4 Å². The van der Waals surface area contributed by atoms with E-state index in [0.29, 0.717) is 16.8 Å². The third-order valence-corrected chi connectivity index (χ3v) is 6.02. The lowest BCUT2D eigenvalue weighted by Gasteiger charge is -2.16. The highest BCUT2D eigenvalue weighted by molar-refractivity contribution is 6.40. The molecule has 5 rings (SSSR count). The molecule has 3 aromatic carbocycles. The average molecular weight is 489 g/mol. The van der Waals surface area contributed by atoms with E-state index in [-0.39, 0.29) is 34.4 Å². The lowest BCUT2D eigenvalue weighted by molar-refractivity contribution is -0.116. The van der Waals surface area contributed by atoms with Gasteiger partial charge in [0, 0.05) is 12.1 Å². The van der Waals surface area contributed by atoms with Gasteiger partial charge in [-0.2, -0.15) is 0 Å². The number of hydrogen-bond donors (Lipinski definition) is 2. The number of nitrogens with zero attached hydrogens (tertiary/aromatic N) is 2. The van der Waals surface area contributed by atoms with E-state index in [4.69, 9.17) is 11.6 Å². The Labute approximate surface area is 202 Å². The maximum absolute atomic E-state index is 12.7. The highest BCUT2D eigenvalue weighted by Crippen LogP contribution is 2.34. The second-order valence-corrected chi connectivity index (χ2v) is 8.31. The van der Waals surface area contributed by atoms with Crippen molar-refractivity contribution >= 4 is 51.5 Å². The van der Waals surface area contributed by atoms with Gasteiger partial charge in [-0.05, 0) is 42.5 Å². The van der Waals surface area contributed by atoms with E-state index >= 15 is 0 Å². The van der Waals surface area contributed by atoms with Crippen LogP contribution in [0, 0.1) is 0 Å². The fraction of sp³-hybridized carbons (Fsp3) is 0.0800. The average Bonchev–Trinajstić information content (AvgIpc) is 3.11. The number of carbonyl (C=O) groups excluding carboxylic acids is 3. The Balaban J connectivity index is 1.30. The number of carbonyl (C=O) groups is 3. The first-order valence-corrected chi connectivity index (χ1v) is 11.0. The molecule has 0 fully saturated rings. The van der Waals surface area contributed by atoms with Gasteiger partial charge >= 0.3 is 0 Å². The maximum Gasteiger partial charge on any atom is 0.273 e. The summed E-state index contributed by atoms with van der Waals surface area (Å²) in [6, 6.07) is 17.4. The summed E-state index contributed by atoms with van der Waals surface area (Å²) in [6.07, 6.45) is -0.0913. The molecule has 10 heteroatoms. The number of imide groups is 1. The molecule has 0 unspecified atom stereocenters. The van der Waals surface area contributed by atoms with Crippen molar-refractivity contribution in [3.63, 3.8) is 0 Å². The molecule has 0 bridgehead atoms. The Hall–Kier alpha value is -4.50. The Morgan fingerprint density at radius 1 is 0.857 bits per heavy atom. The normalized spacial score (nSPS) is 12.8. The van der Waals surface area contributed by atoms with Gasteiger partial charge in [-0.15, -0.1) is 0 Å². The van der Waals surface area contributed by atoms with E-state index in [1.54, 1.807) is 48.5 Å². The number of aromatic amines is 1. The highest BCUT2D eigenvalue weighted by atomic mass is 35.5. The minimum absolute atomic E-state index is 0.0361. The second kappa shape index (κ2) is 8.69. The Morgan fingerprint density at radius 2 is 1.49 bits per heavy atom. The largest absolute Gasteiger partial charge is 0.326 e. The summed E-state index contributed by atoms with van der Waals surface area (Å²) in [7, 11) is 0. The van der Waals surface area contributed by atoms with Gasteiger partial charge in [0.05, 0.1) is 39.2 Å². The first kappa shape index (κ1) is 22.3. The van der Waals surface area contributed by atoms with Crippen LogP contribution >= 0.6 is 11.6 Å². The monoisotopic (exact) mass is 488 g/mol. The quantitative estimate of drug-likeness (QED) is 0.418. The Morgan fingerprint density at radius 3 is 2.14 bits per heavy atom. The van der Waals surface area contributed by atoms with E-state index in [1.807, 2.05) is 0 Å². The van der Waals surface area contributed by atoms with Gasteiger partial charge in [0.25, 0.3) is 22.9 Å². The highest BCUT2D eigenvalue weighted by Gasteiger charge is 2.37. The summed E-state index contributed by atoms with van der Waals surface area (Å²) in [5, 5.41) is 5.80. The number of anilines is 2. The molecule has 0 spiro atoms. The van der Waals surface area contributed by atoms with E-state index < -0.39 is 28.8 Å². The molecule has 9 nitrogen and oxygen atoms in total. The van der Waals surface area contributed by atoms with Crippen LogP contribution in [0.1, 0.15) is 27.1 Å². The van der Waals surface area contributed by atoms with Crippen molar-refractivity contribution in [3.05, 3.63) is 104 Å². The molecule has 0 atom stereocenters. The van der Waals surface area contributed by atoms with E-state index in [9.17, 15) is 24.0 Å². The van der Waals surface area contributed by atoms with Crippen LogP contribution in [0.5, 0.6) is 0 Å². The molecule has 2 N–H and O–H groups in total. The molecule has 174 valence electrons. The molecule has 2 heterocycles. The third kappa shape index (κ3) is 3.91. The van der Waals surface area contributed by atoms with Crippen LogP contribution in [0.15, 0.2) is 76.3 Å². The van der Waals surface area contributed by atoms with Gasteiger partial charge in [-0.1, -0.05) is 35.9 Å². The molecule has 3 amide bonds. The second-order valence-electron chi connectivity index (χ2n) is 7.90. The van der Waals surface area contributed by atoms with Crippen LogP contribution in [0.2, 0.25) is 5.02 Å². The number of benzene rings is 3. The first-order valence-electron chi connectivity index (χ1n) is 10.6. The van der Waals surface area contributed by atoms with E-state index in [1.165, 1.54) is 18.2 Å². The molecule has 0 aliphatic carbocycles. The van der Waals surface area contributed by atoms with Crippen molar-refractivity contribution in [1.29, 1.82) is 0 Å². The van der Waals surface area contributed by atoms with Gasteiger partial charge in [0.15, 0.2) is 0 Å². The fourth-order valence-electron chi connectivity index (χ4n) is 4.01. The Bertz CT molecular complexity index is 1620. The molecule has 1 aromatic heterocycles. The van der Waals surface area contributed by atoms with Crippen molar-refractivity contribution < 1.29 is 14.4 Å². The maximum atomic E-state index is 12.7. The predicted molar refractivity (Wildman–Crippen MR) is 131 cm³/mol. The van der Waals surface area contributed by atoms with Gasteiger partial charge < -0.3 is 5.32 Å². The predicted octanol–water partition coefficient (Wildman–Crippen LogP) is 3.17. The number of halogens is 1. The molecule has 0 saturated carbocycles. The smallest absolute Gasteiger partial charge is 0.273 e. The summed E-state index contributed by atoms with van der Waals surface area (Å²) >= 11 is 6.35. The van der Waals surface area contributed by atoms with Gasteiger partial charge in [0.1, 0.15) is 0 Å². The van der Waals surface area contributed by atoms with Crippen LogP contribution in [-0.4, -0.2) is 27.5 Å². The number of fused-ring (bicyclic) bond motifs is 2. The standard InChI is InChI=1S/C25H17ClN4O5/c26-19-13-14(9-10-20(19)30-24(34)17-7-3-4-8-18(17)25(30)35)27-21(31)11-12-29-23(33)16-6-2-1-5-15(16)22(32)28-29/h1-10,13H,11-12H2,(H,27,31)(H,28,32). The molecule has 35 heavy (non-hydrogen) atoms. The number of H-pyrrole nitrogens is 1. The van der Waals surface area contributed by atoms with Crippen molar-refractivity contribution in [2.24, 2.45) is 0 Å². The summed E-state index contributed by atoms with van der Waals surface area (Å²) in [4.78, 5) is 63.7. The van der Waals surface area contributed by atoms with Gasteiger partial charge in [-0.25, -0.2) is 9.58 Å². The third-order valence-electron chi connectivity index (χ3n) is 5.71. The Kier molecular flexibility index (Phi) is 5.54. The van der Waals surface area contributed by atoms with Gasteiger partial charge in [-0.3, -0.25) is 29.1 Å². The lowest BCUT2D eigenvalue weighted by atomic mass is 10.1. The fourth-order valence-corrected chi connectivity index (χ4v) is 4.28. The number of rotatable bonds is 5. The molecule has 0 radical (unpaired) electrons. The number of amides is 3. The van der Waals surface area contributed by atoms with Crippen LogP contribution < -0.4 is 21.3 Å². The first-order chi connectivity index (χ1) is 16.8.